The summed E-state index contributed by atoms with van der Waals surface area (Å²) in [4.78, 5) is 0. The Kier molecular flexibility index (Phi) is 3.67. The minimum absolute atomic E-state index is 0. The Balaban J connectivity index is 0.000000640. The normalized spacial score (nSPS) is 8.22. The fourth-order valence-electron chi connectivity index (χ4n) is 0.439. The summed E-state index contributed by atoms with van der Waals surface area (Å²) in [6.45, 7) is 0. The molecule has 0 spiro atoms. The van der Waals surface area contributed by atoms with Crippen molar-refractivity contribution in [2.75, 3.05) is 0 Å². The molecule has 46 valence electrons. The maximum Gasteiger partial charge on any atom is 0.158 e. The molecule has 0 fully saturated rings. The minimum Gasteiger partial charge on any atom is -0.204 e. The van der Waals surface area contributed by atoms with Crippen molar-refractivity contribution in [3.8, 4) is 0 Å². The molecule has 0 nitrogen and oxygen atoms in total. The molecule has 0 amide bonds. The van der Waals surface area contributed by atoms with Crippen LogP contribution in [0.2, 0.25) is 0 Å². The van der Waals surface area contributed by atoms with Crippen LogP contribution in [0, 0.1) is 11.6 Å². The quantitative estimate of drug-likeness (QED) is 0.511. The molecule has 0 aliphatic heterocycles. The zero-order valence-corrected chi connectivity index (χ0v) is 6.13. The van der Waals surface area contributed by atoms with Gasteiger partial charge in [0.1, 0.15) is 0 Å². The van der Waals surface area contributed by atoms with Crippen molar-refractivity contribution in [2.24, 2.45) is 0 Å². The second-order valence-corrected chi connectivity index (χ2v) is 1.41. The summed E-state index contributed by atoms with van der Waals surface area (Å²) < 4.78 is 23.9. The van der Waals surface area contributed by atoms with E-state index in [2.05, 4.69) is 0 Å². The van der Waals surface area contributed by atoms with E-state index in [0.29, 0.717) is 0 Å². The molecule has 0 atom stereocenters. The van der Waals surface area contributed by atoms with Crippen molar-refractivity contribution in [3.63, 3.8) is 0 Å². The first kappa shape index (κ1) is 8.79. The van der Waals surface area contributed by atoms with Crippen LogP contribution in [0.1, 0.15) is 0 Å². The summed E-state index contributed by atoms with van der Waals surface area (Å²) in [6, 6.07) is 5.04. The van der Waals surface area contributed by atoms with Gasteiger partial charge < -0.3 is 0 Å². The SMILES string of the molecule is Fc1ccccc1F.[Ti]. The molecule has 0 aliphatic carbocycles. The molecule has 0 radical (unpaired) electrons. The van der Waals surface area contributed by atoms with Crippen LogP contribution in [0.5, 0.6) is 0 Å². The van der Waals surface area contributed by atoms with Gasteiger partial charge in [0.15, 0.2) is 11.6 Å². The fraction of sp³-hybridized carbons (Fsp3) is 0. The molecular weight excluding hydrogens is 158 g/mol. The van der Waals surface area contributed by atoms with Gasteiger partial charge in [-0.3, -0.25) is 0 Å². The van der Waals surface area contributed by atoms with E-state index in [1.165, 1.54) is 12.1 Å². The van der Waals surface area contributed by atoms with Crippen LogP contribution in [0.4, 0.5) is 8.78 Å². The standard InChI is InChI=1S/C6H4F2.Ti/c7-5-3-1-2-4-6(5)8;/h1-4H;. The first-order valence-corrected chi connectivity index (χ1v) is 2.21. The van der Waals surface area contributed by atoms with Crippen LogP contribution in [-0.2, 0) is 21.7 Å². The molecule has 1 aromatic rings. The third-order valence-corrected chi connectivity index (χ3v) is 0.824. The minimum atomic E-state index is -0.799. The maximum atomic E-state index is 11.9. The molecule has 0 saturated carbocycles. The average Bonchev–Trinajstić information content (AvgIpc) is 1.77. The van der Waals surface area contributed by atoms with E-state index in [-0.39, 0.29) is 21.7 Å². The molecule has 0 aliphatic rings. The van der Waals surface area contributed by atoms with Gasteiger partial charge in [0.2, 0.25) is 0 Å². The summed E-state index contributed by atoms with van der Waals surface area (Å²) in [5, 5.41) is 0. The number of benzene rings is 1. The van der Waals surface area contributed by atoms with Crippen molar-refractivity contribution in [1.29, 1.82) is 0 Å². The average molecular weight is 162 g/mol. The van der Waals surface area contributed by atoms with E-state index in [9.17, 15) is 8.78 Å². The zero-order valence-electron chi connectivity index (χ0n) is 4.57. The first-order valence-electron chi connectivity index (χ1n) is 2.21. The van der Waals surface area contributed by atoms with E-state index in [0.717, 1.165) is 12.1 Å². The molecule has 0 N–H and O–H groups in total. The summed E-state index contributed by atoms with van der Waals surface area (Å²) in [6.07, 6.45) is 0. The van der Waals surface area contributed by atoms with Crippen LogP contribution in [0.25, 0.3) is 0 Å². The van der Waals surface area contributed by atoms with Gasteiger partial charge in [-0.2, -0.15) is 0 Å². The molecule has 0 aromatic heterocycles. The van der Waals surface area contributed by atoms with Gasteiger partial charge in [-0.25, -0.2) is 8.78 Å². The molecule has 1 aromatic carbocycles. The number of halogens is 2. The van der Waals surface area contributed by atoms with E-state index in [4.69, 9.17) is 0 Å². The molecule has 3 heteroatoms. The summed E-state index contributed by atoms with van der Waals surface area (Å²) in [5.41, 5.74) is 0. The van der Waals surface area contributed by atoms with Crippen molar-refractivity contribution >= 4 is 0 Å². The Morgan fingerprint density at radius 2 is 1.22 bits per heavy atom. The zero-order chi connectivity index (χ0) is 5.98. The molecule has 0 saturated heterocycles. The topological polar surface area (TPSA) is 0 Å². The van der Waals surface area contributed by atoms with Crippen molar-refractivity contribution in [1.82, 2.24) is 0 Å². The van der Waals surface area contributed by atoms with E-state index < -0.39 is 11.6 Å². The van der Waals surface area contributed by atoms with E-state index in [1.54, 1.807) is 0 Å². The van der Waals surface area contributed by atoms with Crippen LogP contribution in [0.15, 0.2) is 24.3 Å². The van der Waals surface area contributed by atoms with Gasteiger partial charge >= 0.3 is 0 Å². The Bertz CT molecular complexity index is 167. The van der Waals surface area contributed by atoms with E-state index >= 15 is 0 Å². The van der Waals surface area contributed by atoms with Crippen LogP contribution in [-0.4, -0.2) is 0 Å². The van der Waals surface area contributed by atoms with Crippen molar-refractivity contribution in [3.05, 3.63) is 35.9 Å². The number of hydrogen-bond donors (Lipinski definition) is 0. The predicted molar refractivity (Wildman–Crippen MR) is 26.4 cm³/mol. The van der Waals surface area contributed by atoms with Crippen molar-refractivity contribution < 1.29 is 30.5 Å². The second kappa shape index (κ2) is 3.75. The van der Waals surface area contributed by atoms with Gasteiger partial charge in [0, 0.05) is 21.7 Å². The van der Waals surface area contributed by atoms with Gasteiger partial charge in [0.05, 0.1) is 0 Å². The molecular formula is C6H4F2Ti. The third kappa shape index (κ3) is 2.25. The second-order valence-electron chi connectivity index (χ2n) is 1.41. The third-order valence-electron chi connectivity index (χ3n) is 0.824. The van der Waals surface area contributed by atoms with Crippen LogP contribution >= 0.6 is 0 Å². The Morgan fingerprint density at radius 3 is 1.44 bits per heavy atom. The summed E-state index contributed by atoms with van der Waals surface area (Å²) in [7, 11) is 0. The van der Waals surface area contributed by atoms with Gasteiger partial charge in [-0.1, -0.05) is 12.1 Å². The first-order chi connectivity index (χ1) is 3.80. The molecule has 0 unspecified atom stereocenters. The van der Waals surface area contributed by atoms with Gasteiger partial charge in [0.25, 0.3) is 0 Å². The van der Waals surface area contributed by atoms with E-state index in [1.807, 2.05) is 0 Å². The molecule has 9 heavy (non-hydrogen) atoms. The smallest absolute Gasteiger partial charge is 0.158 e. The summed E-state index contributed by atoms with van der Waals surface area (Å²) in [5.74, 6) is -1.60. The Morgan fingerprint density at radius 1 is 0.889 bits per heavy atom. The largest absolute Gasteiger partial charge is 0.204 e. The van der Waals surface area contributed by atoms with Crippen LogP contribution < -0.4 is 0 Å². The Hall–Kier alpha value is -0.206. The maximum absolute atomic E-state index is 11.9. The van der Waals surface area contributed by atoms with Gasteiger partial charge in [-0.15, -0.1) is 0 Å². The summed E-state index contributed by atoms with van der Waals surface area (Å²) >= 11 is 0. The predicted octanol–water partition coefficient (Wildman–Crippen LogP) is 1.96. The number of hydrogen-bond acceptors (Lipinski definition) is 0. The molecule has 0 heterocycles. The van der Waals surface area contributed by atoms with Crippen LogP contribution in [0.3, 0.4) is 0 Å². The molecule has 1 rings (SSSR count). The molecule has 0 bridgehead atoms. The van der Waals surface area contributed by atoms with Crippen molar-refractivity contribution in [2.45, 2.75) is 0 Å². The fourth-order valence-corrected chi connectivity index (χ4v) is 0.439. The van der Waals surface area contributed by atoms with Gasteiger partial charge in [-0.05, 0) is 12.1 Å². The monoisotopic (exact) mass is 162 g/mol. The number of rotatable bonds is 0. The Labute approximate surface area is 66.8 Å².